The van der Waals surface area contributed by atoms with Gasteiger partial charge in [0.05, 0.1) is 6.04 Å². The molecule has 0 bridgehead atoms. The number of hydrogen-bond acceptors (Lipinski definition) is 3. The average molecular weight is 375 g/mol. The predicted octanol–water partition coefficient (Wildman–Crippen LogP) is 5.03. The van der Waals surface area contributed by atoms with Gasteiger partial charge in [0.2, 0.25) is 0 Å². The number of fused-ring (bicyclic) bond motifs is 2. The van der Waals surface area contributed by atoms with E-state index in [1.54, 1.807) is 6.92 Å². The van der Waals surface area contributed by atoms with E-state index < -0.39 is 6.10 Å². The lowest BCUT2D eigenvalue weighted by Gasteiger charge is -2.38. The normalized spacial score (nSPS) is 18.6. The Balaban J connectivity index is 1.52. The van der Waals surface area contributed by atoms with Crippen LogP contribution in [0.4, 0.5) is 0 Å². The molecule has 0 fully saturated rings. The summed E-state index contributed by atoms with van der Waals surface area (Å²) in [6, 6.07) is 21.7. The van der Waals surface area contributed by atoms with Gasteiger partial charge in [-0.2, -0.15) is 0 Å². The van der Waals surface area contributed by atoms with Crippen LogP contribution >= 0.6 is 0 Å². The fourth-order valence-corrected chi connectivity index (χ4v) is 3.76. The minimum atomic E-state index is -0.607. The van der Waals surface area contributed by atoms with E-state index in [9.17, 15) is 4.79 Å². The summed E-state index contributed by atoms with van der Waals surface area (Å²) < 4.78 is 12.1. The molecule has 1 aliphatic heterocycles. The number of rotatable bonds is 4. The van der Waals surface area contributed by atoms with Gasteiger partial charge in [0.25, 0.3) is 5.91 Å². The van der Waals surface area contributed by atoms with Crippen LogP contribution in [0.3, 0.4) is 0 Å². The minimum absolute atomic E-state index is 0.106. The highest BCUT2D eigenvalue weighted by Gasteiger charge is 2.35. The summed E-state index contributed by atoms with van der Waals surface area (Å²) in [5.41, 5.74) is 0.666. The molecule has 144 valence electrons. The molecule has 0 aromatic heterocycles. The average Bonchev–Trinajstić information content (AvgIpc) is 2.67. The fraction of sp³-hybridized carbons (Fsp3) is 0.292. The van der Waals surface area contributed by atoms with E-state index >= 15 is 0 Å². The maximum atomic E-state index is 12.9. The molecule has 3 aromatic carbocycles. The van der Waals surface area contributed by atoms with Gasteiger partial charge in [0, 0.05) is 17.4 Å². The Morgan fingerprint density at radius 2 is 1.79 bits per heavy atom. The quantitative estimate of drug-likeness (QED) is 0.696. The molecule has 1 amide bonds. The van der Waals surface area contributed by atoms with Crippen LogP contribution in [0.2, 0.25) is 0 Å². The monoisotopic (exact) mass is 375 g/mol. The molecule has 0 aliphatic carbocycles. The Kier molecular flexibility index (Phi) is 4.71. The van der Waals surface area contributed by atoms with Crippen molar-refractivity contribution in [1.82, 2.24) is 5.32 Å². The molecule has 4 nitrogen and oxygen atoms in total. The molecule has 3 aromatic rings. The lowest BCUT2D eigenvalue weighted by atomic mass is 9.89. The first-order valence-corrected chi connectivity index (χ1v) is 9.66. The standard InChI is InChI=1S/C24H25NO3/c1-16(27-21-14-8-10-17-9-4-5-11-18(17)21)23(26)25-20-15-24(2,3)28-22-13-7-6-12-19(20)22/h4-14,16,20H,15H2,1-3H3,(H,25,26)/t16-,20-/m0/s1. The van der Waals surface area contributed by atoms with Crippen molar-refractivity contribution in [3.8, 4) is 11.5 Å². The summed E-state index contributed by atoms with van der Waals surface area (Å²) in [7, 11) is 0. The van der Waals surface area contributed by atoms with E-state index in [4.69, 9.17) is 9.47 Å². The van der Waals surface area contributed by atoms with Gasteiger partial charge < -0.3 is 14.8 Å². The Bertz CT molecular complexity index is 1010. The second-order valence-electron chi connectivity index (χ2n) is 7.90. The second-order valence-corrected chi connectivity index (χ2v) is 7.90. The van der Waals surface area contributed by atoms with Gasteiger partial charge in [-0.15, -0.1) is 0 Å². The number of carbonyl (C=O) groups excluding carboxylic acids is 1. The lowest BCUT2D eigenvalue weighted by Crippen LogP contribution is -2.44. The molecule has 0 radical (unpaired) electrons. The number of hydrogen-bond donors (Lipinski definition) is 1. The van der Waals surface area contributed by atoms with Crippen LogP contribution in [-0.2, 0) is 4.79 Å². The van der Waals surface area contributed by atoms with Crippen molar-refractivity contribution in [2.45, 2.75) is 44.9 Å². The molecule has 1 heterocycles. The van der Waals surface area contributed by atoms with Gasteiger partial charge in [-0.3, -0.25) is 4.79 Å². The van der Waals surface area contributed by atoms with Crippen LogP contribution in [0.15, 0.2) is 66.7 Å². The third-order valence-corrected chi connectivity index (χ3v) is 5.12. The number of benzene rings is 3. The van der Waals surface area contributed by atoms with E-state index in [-0.39, 0.29) is 17.6 Å². The molecule has 0 unspecified atom stereocenters. The summed E-state index contributed by atoms with van der Waals surface area (Å²) in [6.45, 7) is 5.86. The predicted molar refractivity (Wildman–Crippen MR) is 111 cm³/mol. The number of amides is 1. The molecular formula is C24H25NO3. The molecule has 2 atom stereocenters. The van der Waals surface area contributed by atoms with Crippen molar-refractivity contribution in [3.05, 3.63) is 72.3 Å². The van der Waals surface area contributed by atoms with Crippen molar-refractivity contribution in [2.75, 3.05) is 0 Å². The van der Waals surface area contributed by atoms with Crippen molar-refractivity contribution in [1.29, 1.82) is 0 Å². The minimum Gasteiger partial charge on any atom is -0.487 e. The number of nitrogens with one attached hydrogen (secondary N) is 1. The van der Waals surface area contributed by atoms with Crippen molar-refractivity contribution < 1.29 is 14.3 Å². The van der Waals surface area contributed by atoms with Gasteiger partial charge in [-0.1, -0.05) is 54.6 Å². The number of carbonyl (C=O) groups is 1. The Labute approximate surface area is 165 Å². The van der Waals surface area contributed by atoms with Gasteiger partial charge in [0.15, 0.2) is 6.10 Å². The summed E-state index contributed by atoms with van der Waals surface area (Å²) in [6.07, 6.45) is 0.0976. The molecule has 1 aliphatic rings. The zero-order chi connectivity index (χ0) is 19.7. The van der Waals surface area contributed by atoms with Crippen molar-refractivity contribution >= 4 is 16.7 Å². The number of para-hydroxylation sites is 1. The van der Waals surface area contributed by atoms with E-state index in [1.807, 2.05) is 80.6 Å². The first-order chi connectivity index (χ1) is 13.4. The third kappa shape index (κ3) is 3.68. The van der Waals surface area contributed by atoms with Gasteiger partial charge >= 0.3 is 0 Å². The Hall–Kier alpha value is -3.01. The molecule has 0 spiro atoms. The SMILES string of the molecule is C[C@H](Oc1cccc2ccccc12)C(=O)N[C@H]1CC(C)(C)Oc2ccccc21. The smallest absolute Gasteiger partial charge is 0.261 e. The van der Waals surface area contributed by atoms with Gasteiger partial charge in [0.1, 0.15) is 17.1 Å². The van der Waals surface area contributed by atoms with Crippen molar-refractivity contribution in [2.24, 2.45) is 0 Å². The first-order valence-electron chi connectivity index (χ1n) is 9.66. The van der Waals surface area contributed by atoms with Crippen LogP contribution in [0, 0.1) is 0 Å². The third-order valence-electron chi connectivity index (χ3n) is 5.12. The van der Waals surface area contributed by atoms with Crippen LogP contribution in [0.5, 0.6) is 11.5 Å². The topological polar surface area (TPSA) is 47.6 Å². The van der Waals surface area contributed by atoms with E-state index in [2.05, 4.69) is 5.32 Å². The summed E-state index contributed by atoms with van der Waals surface area (Å²) in [5, 5.41) is 5.25. The summed E-state index contributed by atoms with van der Waals surface area (Å²) >= 11 is 0. The summed E-state index contributed by atoms with van der Waals surface area (Å²) in [5.74, 6) is 1.41. The molecule has 0 saturated heterocycles. The zero-order valence-electron chi connectivity index (χ0n) is 16.4. The molecule has 0 saturated carbocycles. The largest absolute Gasteiger partial charge is 0.487 e. The van der Waals surface area contributed by atoms with E-state index in [1.165, 1.54) is 0 Å². The maximum Gasteiger partial charge on any atom is 0.261 e. The zero-order valence-corrected chi connectivity index (χ0v) is 16.4. The van der Waals surface area contributed by atoms with Crippen LogP contribution < -0.4 is 14.8 Å². The molecule has 4 rings (SSSR count). The maximum absolute atomic E-state index is 12.9. The molecular weight excluding hydrogens is 350 g/mol. The highest BCUT2D eigenvalue weighted by molar-refractivity contribution is 5.89. The Morgan fingerprint density at radius 1 is 1.07 bits per heavy atom. The van der Waals surface area contributed by atoms with Crippen LogP contribution in [0.25, 0.3) is 10.8 Å². The summed E-state index contributed by atoms with van der Waals surface area (Å²) in [4.78, 5) is 12.9. The lowest BCUT2D eigenvalue weighted by molar-refractivity contribution is -0.128. The first kappa shape index (κ1) is 18.4. The Morgan fingerprint density at radius 3 is 2.64 bits per heavy atom. The van der Waals surface area contributed by atoms with Gasteiger partial charge in [-0.25, -0.2) is 0 Å². The second kappa shape index (κ2) is 7.19. The van der Waals surface area contributed by atoms with Gasteiger partial charge in [-0.05, 0) is 38.3 Å². The van der Waals surface area contributed by atoms with E-state index in [0.717, 1.165) is 22.1 Å². The number of ether oxygens (including phenoxy) is 2. The van der Waals surface area contributed by atoms with Crippen LogP contribution in [0.1, 0.15) is 38.8 Å². The van der Waals surface area contributed by atoms with Crippen LogP contribution in [-0.4, -0.2) is 17.6 Å². The molecule has 4 heteroatoms. The molecule has 28 heavy (non-hydrogen) atoms. The fourth-order valence-electron chi connectivity index (χ4n) is 3.76. The highest BCUT2D eigenvalue weighted by Crippen LogP contribution is 2.39. The highest BCUT2D eigenvalue weighted by atomic mass is 16.5. The van der Waals surface area contributed by atoms with E-state index in [0.29, 0.717) is 12.2 Å². The van der Waals surface area contributed by atoms with Crippen molar-refractivity contribution in [3.63, 3.8) is 0 Å². The molecule has 1 N–H and O–H groups in total.